The molecule has 1 aromatic rings. The van der Waals surface area contributed by atoms with Gasteiger partial charge in [0.2, 0.25) is 6.54 Å². The molecule has 1 atom stereocenters. The van der Waals surface area contributed by atoms with Crippen molar-refractivity contribution in [1.82, 2.24) is 0 Å². The zero-order valence-corrected chi connectivity index (χ0v) is 7.73. The van der Waals surface area contributed by atoms with Crippen LogP contribution in [-0.4, -0.2) is 12.6 Å². The molecule has 0 aromatic heterocycles. The van der Waals surface area contributed by atoms with E-state index in [1.807, 2.05) is 37.3 Å². The van der Waals surface area contributed by atoms with Crippen LogP contribution in [0.25, 0.3) is 4.85 Å². The van der Waals surface area contributed by atoms with Crippen LogP contribution in [-0.2, 0) is 11.3 Å². The molecule has 0 amide bonds. The Morgan fingerprint density at radius 2 is 2.08 bits per heavy atom. The Morgan fingerprint density at radius 3 is 2.69 bits per heavy atom. The third kappa shape index (κ3) is 3.73. The van der Waals surface area contributed by atoms with Crippen molar-refractivity contribution >= 4 is 0 Å². The van der Waals surface area contributed by atoms with E-state index in [0.717, 1.165) is 5.56 Å². The highest BCUT2D eigenvalue weighted by Crippen LogP contribution is 2.03. The Bertz CT molecular complexity index is 276. The zero-order chi connectivity index (χ0) is 9.52. The minimum absolute atomic E-state index is 0.0257. The Balaban J connectivity index is 2.32. The maximum absolute atomic E-state index is 6.66. The number of nitrogens with zero attached hydrogens (tertiary/aromatic N) is 1. The quantitative estimate of drug-likeness (QED) is 0.641. The number of hydrogen-bond acceptors (Lipinski definition) is 1. The number of ether oxygens (including phenoxy) is 1. The molecule has 0 saturated carbocycles. The molecule has 1 aromatic carbocycles. The molecule has 0 spiro atoms. The Labute approximate surface area is 79.0 Å². The minimum Gasteiger partial charge on any atom is -0.366 e. The van der Waals surface area contributed by atoms with Gasteiger partial charge in [-0.1, -0.05) is 30.3 Å². The van der Waals surface area contributed by atoms with Crippen LogP contribution in [0.5, 0.6) is 0 Å². The molecule has 1 rings (SSSR count). The lowest BCUT2D eigenvalue weighted by Gasteiger charge is -2.06. The van der Waals surface area contributed by atoms with Gasteiger partial charge in [-0.25, -0.2) is 6.57 Å². The van der Waals surface area contributed by atoms with Crippen molar-refractivity contribution in [3.63, 3.8) is 0 Å². The van der Waals surface area contributed by atoms with Gasteiger partial charge in [-0.2, -0.15) is 0 Å². The molecule has 1 unspecified atom stereocenters. The monoisotopic (exact) mass is 175 g/mol. The normalized spacial score (nSPS) is 12.0. The summed E-state index contributed by atoms with van der Waals surface area (Å²) in [6.07, 6.45) is 0.0257. The van der Waals surface area contributed by atoms with Gasteiger partial charge in [-0.05, 0) is 12.5 Å². The molecular weight excluding hydrogens is 162 g/mol. The standard InChI is InChI=1S/C11H13NO/c1-10(8-12-2)13-9-11-6-4-3-5-7-11/h3-7,10H,8-9H2,1H3. The van der Waals surface area contributed by atoms with E-state index in [1.165, 1.54) is 0 Å². The Kier molecular flexibility index (Phi) is 4.01. The highest BCUT2D eigenvalue weighted by molar-refractivity contribution is 5.13. The molecule has 0 fully saturated rings. The van der Waals surface area contributed by atoms with Crippen molar-refractivity contribution in [3.8, 4) is 0 Å². The molecule has 2 nitrogen and oxygen atoms in total. The average molecular weight is 175 g/mol. The van der Waals surface area contributed by atoms with Gasteiger partial charge in [0.25, 0.3) is 0 Å². The third-order valence-electron chi connectivity index (χ3n) is 1.73. The topological polar surface area (TPSA) is 13.6 Å². The fraction of sp³-hybridized carbons (Fsp3) is 0.364. The van der Waals surface area contributed by atoms with Crippen LogP contribution >= 0.6 is 0 Å². The van der Waals surface area contributed by atoms with Gasteiger partial charge in [0.05, 0.1) is 6.61 Å². The van der Waals surface area contributed by atoms with E-state index in [1.54, 1.807) is 0 Å². The summed E-state index contributed by atoms with van der Waals surface area (Å²) in [6.45, 7) is 9.61. The fourth-order valence-corrected chi connectivity index (χ4v) is 0.994. The largest absolute Gasteiger partial charge is 0.366 e. The van der Waals surface area contributed by atoms with E-state index in [9.17, 15) is 0 Å². The van der Waals surface area contributed by atoms with Crippen LogP contribution in [0.1, 0.15) is 12.5 Å². The summed E-state index contributed by atoms with van der Waals surface area (Å²) in [7, 11) is 0. The Hall–Kier alpha value is -1.33. The van der Waals surface area contributed by atoms with Crippen LogP contribution in [0.4, 0.5) is 0 Å². The van der Waals surface area contributed by atoms with E-state index in [2.05, 4.69) is 4.85 Å². The number of hydrogen-bond donors (Lipinski definition) is 0. The van der Waals surface area contributed by atoms with E-state index in [4.69, 9.17) is 11.3 Å². The maximum atomic E-state index is 6.66. The van der Waals surface area contributed by atoms with Crippen molar-refractivity contribution in [2.75, 3.05) is 6.54 Å². The summed E-state index contributed by atoms with van der Waals surface area (Å²) < 4.78 is 5.45. The SMILES string of the molecule is [C-]#[N+]CC(C)OCc1ccccc1. The third-order valence-corrected chi connectivity index (χ3v) is 1.73. The lowest BCUT2D eigenvalue weighted by atomic mass is 10.2. The predicted molar refractivity (Wildman–Crippen MR) is 52.2 cm³/mol. The maximum Gasteiger partial charge on any atom is 0.240 e. The highest BCUT2D eigenvalue weighted by Gasteiger charge is 2.03. The van der Waals surface area contributed by atoms with Crippen LogP contribution in [0.15, 0.2) is 30.3 Å². The lowest BCUT2D eigenvalue weighted by Crippen LogP contribution is -2.10. The molecule has 68 valence electrons. The molecule has 0 heterocycles. The molecular formula is C11H13NO. The summed E-state index contributed by atoms with van der Waals surface area (Å²) in [5.41, 5.74) is 1.15. The van der Waals surface area contributed by atoms with Crippen molar-refractivity contribution in [1.29, 1.82) is 0 Å². The molecule has 0 N–H and O–H groups in total. The van der Waals surface area contributed by atoms with Crippen LogP contribution in [0.3, 0.4) is 0 Å². The average Bonchev–Trinajstić information content (AvgIpc) is 2.17. The van der Waals surface area contributed by atoms with Crippen LogP contribution in [0.2, 0.25) is 0 Å². The molecule has 0 saturated heterocycles. The van der Waals surface area contributed by atoms with Gasteiger partial charge in [-0.3, -0.25) is 0 Å². The number of rotatable bonds is 4. The predicted octanol–water partition coefficient (Wildman–Crippen LogP) is 2.51. The van der Waals surface area contributed by atoms with Gasteiger partial charge in [0.15, 0.2) is 0 Å². The molecule has 0 aliphatic heterocycles. The van der Waals surface area contributed by atoms with Crippen LogP contribution < -0.4 is 0 Å². The summed E-state index contributed by atoms with van der Waals surface area (Å²) in [5, 5.41) is 0. The van der Waals surface area contributed by atoms with E-state index in [-0.39, 0.29) is 6.10 Å². The first-order valence-corrected chi connectivity index (χ1v) is 4.31. The first kappa shape index (κ1) is 9.76. The summed E-state index contributed by atoms with van der Waals surface area (Å²) in [4.78, 5) is 3.27. The van der Waals surface area contributed by atoms with Crippen molar-refractivity contribution < 1.29 is 4.74 Å². The first-order valence-electron chi connectivity index (χ1n) is 4.31. The first-order chi connectivity index (χ1) is 6.33. The minimum atomic E-state index is 0.0257. The second-order valence-corrected chi connectivity index (χ2v) is 2.95. The van der Waals surface area contributed by atoms with E-state index >= 15 is 0 Å². The van der Waals surface area contributed by atoms with E-state index in [0.29, 0.717) is 13.2 Å². The molecule has 0 aliphatic carbocycles. The molecule has 0 aliphatic rings. The molecule has 13 heavy (non-hydrogen) atoms. The van der Waals surface area contributed by atoms with Crippen molar-refractivity contribution in [3.05, 3.63) is 47.3 Å². The van der Waals surface area contributed by atoms with Gasteiger partial charge in [0.1, 0.15) is 6.10 Å². The van der Waals surface area contributed by atoms with Gasteiger partial charge in [0, 0.05) is 0 Å². The molecule has 0 radical (unpaired) electrons. The van der Waals surface area contributed by atoms with E-state index < -0.39 is 0 Å². The molecule has 0 bridgehead atoms. The smallest absolute Gasteiger partial charge is 0.240 e. The lowest BCUT2D eigenvalue weighted by molar-refractivity contribution is 0.0637. The highest BCUT2D eigenvalue weighted by atomic mass is 16.5. The van der Waals surface area contributed by atoms with Gasteiger partial charge >= 0.3 is 0 Å². The fourth-order valence-electron chi connectivity index (χ4n) is 0.994. The second-order valence-electron chi connectivity index (χ2n) is 2.95. The number of benzene rings is 1. The summed E-state index contributed by atoms with van der Waals surface area (Å²) in [6, 6.07) is 9.98. The zero-order valence-electron chi connectivity index (χ0n) is 7.73. The van der Waals surface area contributed by atoms with Crippen molar-refractivity contribution in [2.24, 2.45) is 0 Å². The molecule has 2 heteroatoms. The van der Waals surface area contributed by atoms with Crippen LogP contribution in [0, 0.1) is 6.57 Å². The summed E-state index contributed by atoms with van der Waals surface area (Å²) >= 11 is 0. The van der Waals surface area contributed by atoms with Gasteiger partial charge in [-0.15, -0.1) is 0 Å². The Morgan fingerprint density at radius 1 is 1.38 bits per heavy atom. The summed E-state index contributed by atoms with van der Waals surface area (Å²) in [5.74, 6) is 0. The van der Waals surface area contributed by atoms with Gasteiger partial charge < -0.3 is 9.58 Å². The van der Waals surface area contributed by atoms with Crippen molar-refractivity contribution in [2.45, 2.75) is 19.6 Å². The second kappa shape index (κ2) is 5.34.